The standard InChI is InChI=1S/C12H20N2O2S/c1-8-7-11(10(3)17-8)9(2)13-12(16)14(4)5-6-15/h7,9,15H,5-6H2,1-4H3,(H,13,16). The number of aliphatic hydroxyl groups excluding tert-OH is 1. The Labute approximate surface area is 106 Å². The van der Waals surface area contributed by atoms with Gasteiger partial charge in [-0.1, -0.05) is 0 Å². The van der Waals surface area contributed by atoms with Crippen molar-refractivity contribution in [2.45, 2.75) is 26.8 Å². The molecule has 1 unspecified atom stereocenters. The third-order valence-electron chi connectivity index (χ3n) is 2.67. The zero-order chi connectivity index (χ0) is 13.0. The SMILES string of the molecule is Cc1cc(C(C)NC(=O)N(C)CCO)c(C)s1. The molecule has 0 aliphatic heterocycles. The van der Waals surface area contributed by atoms with Crippen molar-refractivity contribution >= 4 is 17.4 Å². The van der Waals surface area contributed by atoms with Crippen LogP contribution >= 0.6 is 11.3 Å². The first-order chi connectivity index (χ1) is 7.95. The summed E-state index contributed by atoms with van der Waals surface area (Å²) in [6, 6.07) is 1.94. The zero-order valence-electron chi connectivity index (χ0n) is 10.8. The Kier molecular flexibility index (Phi) is 4.96. The van der Waals surface area contributed by atoms with Crippen molar-refractivity contribution in [3.8, 4) is 0 Å². The van der Waals surface area contributed by atoms with E-state index in [0.717, 1.165) is 0 Å². The summed E-state index contributed by atoms with van der Waals surface area (Å²) < 4.78 is 0. The summed E-state index contributed by atoms with van der Waals surface area (Å²) in [5.41, 5.74) is 1.17. The van der Waals surface area contributed by atoms with Gasteiger partial charge in [0.15, 0.2) is 0 Å². The van der Waals surface area contributed by atoms with Crippen molar-refractivity contribution in [2.24, 2.45) is 0 Å². The van der Waals surface area contributed by atoms with E-state index >= 15 is 0 Å². The molecule has 1 heterocycles. The minimum atomic E-state index is -0.158. The Morgan fingerprint density at radius 1 is 1.59 bits per heavy atom. The molecule has 0 aromatic carbocycles. The van der Waals surface area contributed by atoms with E-state index < -0.39 is 0 Å². The van der Waals surface area contributed by atoms with E-state index in [1.807, 2.05) is 6.92 Å². The van der Waals surface area contributed by atoms with Crippen LogP contribution in [-0.2, 0) is 0 Å². The zero-order valence-corrected chi connectivity index (χ0v) is 11.6. The summed E-state index contributed by atoms with van der Waals surface area (Å²) in [5, 5.41) is 11.7. The molecule has 17 heavy (non-hydrogen) atoms. The lowest BCUT2D eigenvalue weighted by atomic mass is 10.1. The van der Waals surface area contributed by atoms with Gasteiger partial charge in [-0.15, -0.1) is 11.3 Å². The summed E-state index contributed by atoms with van der Waals surface area (Å²) in [7, 11) is 1.67. The van der Waals surface area contributed by atoms with Crippen LogP contribution in [0.15, 0.2) is 6.07 Å². The van der Waals surface area contributed by atoms with Crippen LogP contribution in [0.25, 0.3) is 0 Å². The molecule has 1 aromatic rings. The van der Waals surface area contributed by atoms with Crippen LogP contribution in [0, 0.1) is 13.8 Å². The van der Waals surface area contributed by atoms with Gasteiger partial charge in [-0.05, 0) is 32.4 Å². The highest BCUT2D eigenvalue weighted by atomic mass is 32.1. The van der Waals surface area contributed by atoms with Gasteiger partial charge in [0.1, 0.15) is 0 Å². The highest BCUT2D eigenvalue weighted by Crippen LogP contribution is 2.26. The van der Waals surface area contributed by atoms with Crippen molar-refractivity contribution in [3.63, 3.8) is 0 Å². The largest absolute Gasteiger partial charge is 0.395 e. The third-order valence-corrected chi connectivity index (χ3v) is 3.65. The minimum Gasteiger partial charge on any atom is -0.395 e. The molecule has 0 saturated heterocycles. The van der Waals surface area contributed by atoms with E-state index in [4.69, 9.17) is 5.11 Å². The van der Waals surface area contributed by atoms with E-state index in [1.165, 1.54) is 20.2 Å². The molecule has 2 N–H and O–H groups in total. The number of carbonyl (C=O) groups is 1. The minimum absolute atomic E-state index is 0.00593. The number of urea groups is 1. The number of thiophene rings is 1. The van der Waals surface area contributed by atoms with Crippen LogP contribution in [-0.4, -0.2) is 36.2 Å². The summed E-state index contributed by atoms with van der Waals surface area (Å²) in [5.74, 6) is 0. The Hall–Kier alpha value is -1.07. The normalized spacial score (nSPS) is 12.3. The fourth-order valence-electron chi connectivity index (χ4n) is 1.71. The van der Waals surface area contributed by atoms with Gasteiger partial charge >= 0.3 is 6.03 Å². The summed E-state index contributed by atoms with van der Waals surface area (Å²) in [6.07, 6.45) is 0. The molecule has 1 atom stereocenters. The predicted octanol–water partition coefficient (Wildman–Crippen LogP) is 2.06. The van der Waals surface area contributed by atoms with Crippen LogP contribution in [0.1, 0.15) is 28.3 Å². The molecule has 0 aliphatic carbocycles. The van der Waals surface area contributed by atoms with E-state index in [1.54, 1.807) is 18.4 Å². The van der Waals surface area contributed by atoms with Crippen LogP contribution in [0.3, 0.4) is 0 Å². The van der Waals surface area contributed by atoms with E-state index in [-0.39, 0.29) is 18.7 Å². The Bertz CT molecular complexity index is 390. The average molecular weight is 256 g/mol. The number of hydrogen-bond acceptors (Lipinski definition) is 3. The van der Waals surface area contributed by atoms with Crippen LogP contribution in [0.2, 0.25) is 0 Å². The van der Waals surface area contributed by atoms with E-state index in [9.17, 15) is 4.79 Å². The maximum Gasteiger partial charge on any atom is 0.317 e. The molecule has 0 aliphatic rings. The number of rotatable bonds is 4. The second-order valence-electron chi connectivity index (χ2n) is 4.18. The van der Waals surface area contributed by atoms with Gasteiger partial charge in [0.05, 0.1) is 12.6 Å². The maximum atomic E-state index is 11.7. The fraction of sp³-hybridized carbons (Fsp3) is 0.583. The molecule has 0 fully saturated rings. The van der Waals surface area contributed by atoms with Gasteiger partial charge in [0, 0.05) is 23.3 Å². The Balaban J connectivity index is 2.63. The summed E-state index contributed by atoms with van der Waals surface area (Å²) in [6.45, 7) is 6.43. The fourth-order valence-corrected chi connectivity index (χ4v) is 2.73. The molecule has 5 heteroatoms. The van der Waals surface area contributed by atoms with E-state index in [0.29, 0.717) is 6.54 Å². The van der Waals surface area contributed by atoms with Crippen molar-refractivity contribution < 1.29 is 9.90 Å². The molecule has 0 bridgehead atoms. The number of amides is 2. The average Bonchev–Trinajstić information content (AvgIpc) is 2.58. The molecule has 0 radical (unpaired) electrons. The molecule has 0 spiro atoms. The van der Waals surface area contributed by atoms with Gasteiger partial charge in [-0.2, -0.15) is 0 Å². The highest BCUT2D eigenvalue weighted by Gasteiger charge is 2.15. The first kappa shape index (κ1) is 14.0. The van der Waals surface area contributed by atoms with Gasteiger partial charge in [0.2, 0.25) is 0 Å². The number of nitrogens with zero attached hydrogens (tertiary/aromatic N) is 1. The molecule has 1 aromatic heterocycles. The number of aliphatic hydroxyl groups is 1. The topological polar surface area (TPSA) is 52.6 Å². The summed E-state index contributed by atoms with van der Waals surface area (Å²) >= 11 is 1.74. The van der Waals surface area contributed by atoms with Crippen molar-refractivity contribution in [1.82, 2.24) is 10.2 Å². The van der Waals surface area contributed by atoms with Gasteiger partial charge in [-0.25, -0.2) is 4.79 Å². The van der Waals surface area contributed by atoms with E-state index in [2.05, 4.69) is 25.2 Å². The lowest BCUT2D eigenvalue weighted by Crippen LogP contribution is -2.39. The number of nitrogens with one attached hydrogen (secondary N) is 1. The number of hydrogen-bond donors (Lipinski definition) is 2. The van der Waals surface area contributed by atoms with Crippen LogP contribution in [0.5, 0.6) is 0 Å². The van der Waals surface area contributed by atoms with Crippen molar-refractivity contribution in [2.75, 3.05) is 20.2 Å². The molecule has 2 amide bonds. The highest BCUT2D eigenvalue weighted by molar-refractivity contribution is 7.12. The second kappa shape index (κ2) is 6.02. The van der Waals surface area contributed by atoms with Crippen molar-refractivity contribution in [3.05, 3.63) is 21.4 Å². The number of likely N-dealkylation sites (N-methyl/N-ethyl adjacent to an activating group) is 1. The van der Waals surface area contributed by atoms with Crippen LogP contribution in [0.4, 0.5) is 4.79 Å². The predicted molar refractivity (Wildman–Crippen MR) is 70.5 cm³/mol. The monoisotopic (exact) mass is 256 g/mol. The molecule has 0 saturated carbocycles. The van der Waals surface area contributed by atoms with Gasteiger partial charge in [0.25, 0.3) is 0 Å². The lowest BCUT2D eigenvalue weighted by molar-refractivity contribution is 0.188. The van der Waals surface area contributed by atoms with Gasteiger partial charge in [-0.3, -0.25) is 0 Å². The lowest BCUT2D eigenvalue weighted by Gasteiger charge is -2.20. The van der Waals surface area contributed by atoms with Crippen LogP contribution < -0.4 is 5.32 Å². The first-order valence-electron chi connectivity index (χ1n) is 5.65. The number of aryl methyl sites for hydroxylation is 2. The molecular formula is C12H20N2O2S. The first-order valence-corrected chi connectivity index (χ1v) is 6.46. The van der Waals surface area contributed by atoms with Crippen molar-refractivity contribution in [1.29, 1.82) is 0 Å². The second-order valence-corrected chi connectivity index (χ2v) is 5.65. The molecule has 1 rings (SSSR count). The Morgan fingerprint density at radius 3 is 2.71 bits per heavy atom. The Morgan fingerprint density at radius 2 is 2.24 bits per heavy atom. The molecular weight excluding hydrogens is 236 g/mol. The maximum absolute atomic E-state index is 11.7. The van der Waals surface area contributed by atoms with Gasteiger partial charge < -0.3 is 15.3 Å². The molecule has 96 valence electrons. The molecule has 4 nitrogen and oxygen atoms in total. The summed E-state index contributed by atoms with van der Waals surface area (Å²) in [4.78, 5) is 15.7. The quantitative estimate of drug-likeness (QED) is 0.866. The smallest absolute Gasteiger partial charge is 0.317 e. The number of carbonyl (C=O) groups excluding carboxylic acids is 1. The third kappa shape index (κ3) is 3.71.